The Morgan fingerprint density at radius 3 is 2.37 bits per heavy atom. The summed E-state index contributed by atoms with van der Waals surface area (Å²) in [5.41, 5.74) is 3.68. The van der Waals surface area contributed by atoms with E-state index >= 15 is 0 Å². The van der Waals surface area contributed by atoms with Crippen LogP contribution < -0.4 is 9.47 Å². The zero-order chi connectivity index (χ0) is 21.3. The maximum Gasteiger partial charge on any atom is 0.240 e. The van der Waals surface area contributed by atoms with Crippen molar-refractivity contribution in [2.75, 3.05) is 27.3 Å². The van der Waals surface area contributed by atoms with Gasteiger partial charge in [0.25, 0.3) is 0 Å². The fourth-order valence-electron chi connectivity index (χ4n) is 5.01. The van der Waals surface area contributed by atoms with Crippen LogP contribution in [0.5, 0.6) is 11.5 Å². The quantitative estimate of drug-likeness (QED) is 0.749. The number of methoxy groups -OCH3 is 2. The Bertz CT molecular complexity index is 897. The van der Waals surface area contributed by atoms with Crippen molar-refractivity contribution >= 4 is 5.91 Å². The number of nitrogens with zero attached hydrogens (tertiary/aromatic N) is 2. The van der Waals surface area contributed by atoms with E-state index in [1.165, 1.54) is 16.7 Å². The molecule has 2 aromatic rings. The number of amides is 1. The van der Waals surface area contributed by atoms with E-state index in [4.69, 9.17) is 9.47 Å². The van der Waals surface area contributed by atoms with E-state index in [-0.39, 0.29) is 24.0 Å². The molecule has 4 rings (SSSR count). The van der Waals surface area contributed by atoms with Crippen molar-refractivity contribution in [3.05, 3.63) is 59.2 Å². The van der Waals surface area contributed by atoms with Crippen LogP contribution in [0.4, 0.5) is 0 Å². The summed E-state index contributed by atoms with van der Waals surface area (Å²) in [7, 11) is 3.35. The Morgan fingerprint density at radius 2 is 1.70 bits per heavy atom. The summed E-state index contributed by atoms with van der Waals surface area (Å²) < 4.78 is 11.2. The van der Waals surface area contributed by atoms with E-state index in [0.717, 1.165) is 43.9 Å². The predicted octanol–water partition coefficient (Wildman–Crippen LogP) is 4.05. The number of benzene rings is 2. The molecule has 1 amide bonds. The van der Waals surface area contributed by atoms with E-state index in [1.807, 2.05) is 11.0 Å². The first kappa shape index (κ1) is 20.7. The zero-order valence-corrected chi connectivity index (χ0v) is 18.4. The van der Waals surface area contributed by atoms with Crippen LogP contribution in [0, 0.1) is 0 Å². The summed E-state index contributed by atoms with van der Waals surface area (Å²) in [4.78, 5) is 17.9. The van der Waals surface area contributed by atoms with Gasteiger partial charge in [0, 0.05) is 19.1 Å². The highest BCUT2D eigenvalue weighted by Crippen LogP contribution is 2.42. The van der Waals surface area contributed by atoms with Gasteiger partial charge in [-0.2, -0.15) is 0 Å². The molecule has 0 radical (unpaired) electrons. The van der Waals surface area contributed by atoms with Crippen LogP contribution in [0.1, 0.15) is 49.4 Å². The number of carbonyl (C=O) groups excluding carboxylic acids is 1. The van der Waals surface area contributed by atoms with Crippen LogP contribution in [0.3, 0.4) is 0 Å². The van der Waals surface area contributed by atoms with Crippen molar-refractivity contribution in [3.63, 3.8) is 0 Å². The molecule has 0 aliphatic carbocycles. The molecule has 2 aliphatic rings. The number of likely N-dealkylation sites (tertiary alicyclic amines) is 1. The van der Waals surface area contributed by atoms with Gasteiger partial charge in [-0.25, -0.2) is 0 Å². The van der Waals surface area contributed by atoms with Crippen LogP contribution in [-0.2, 0) is 11.2 Å². The number of hydrogen-bond donors (Lipinski definition) is 0. The monoisotopic (exact) mass is 408 g/mol. The number of rotatable bonds is 5. The number of fused-ring (bicyclic) bond motifs is 1. The van der Waals surface area contributed by atoms with E-state index in [1.54, 1.807) is 14.2 Å². The molecule has 5 heteroatoms. The van der Waals surface area contributed by atoms with Gasteiger partial charge in [-0.1, -0.05) is 30.3 Å². The average Bonchev–Trinajstić information content (AvgIpc) is 2.77. The first-order chi connectivity index (χ1) is 14.5. The summed E-state index contributed by atoms with van der Waals surface area (Å²) in [5.74, 6) is 1.76. The van der Waals surface area contributed by atoms with Crippen molar-refractivity contribution in [3.8, 4) is 11.5 Å². The molecule has 5 nitrogen and oxygen atoms in total. The standard InChI is InChI=1S/C25H32N2O3/c1-17(2)26-13-8-11-21(25(26)28)27-14-12-19-15-22(29-3)23(30-4)16-20(19)24(27)18-9-6-5-7-10-18/h5-7,9-10,15-17,21,24H,8,11-14H2,1-4H3. The second-order valence-electron chi connectivity index (χ2n) is 8.49. The highest BCUT2D eigenvalue weighted by Gasteiger charge is 2.40. The molecular formula is C25H32N2O3. The van der Waals surface area contributed by atoms with Crippen LogP contribution in [0.15, 0.2) is 42.5 Å². The van der Waals surface area contributed by atoms with E-state index < -0.39 is 0 Å². The SMILES string of the molecule is COc1cc2c(cc1OC)C(c1ccccc1)N(C1CCCN(C(C)C)C1=O)CC2. The molecule has 0 bridgehead atoms. The van der Waals surface area contributed by atoms with Gasteiger partial charge in [0.15, 0.2) is 11.5 Å². The number of carbonyl (C=O) groups is 1. The van der Waals surface area contributed by atoms with Gasteiger partial charge in [0.2, 0.25) is 5.91 Å². The maximum absolute atomic E-state index is 13.4. The molecule has 0 N–H and O–H groups in total. The Kier molecular flexibility index (Phi) is 6.00. The molecule has 2 aliphatic heterocycles. The Morgan fingerprint density at radius 1 is 1.00 bits per heavy atom. The molecule has 2 unspecified atom stereocenters. The van der Waals surface area contributed by atoms with Gasteiger partial charge < -0.3 is 14.4 Å². The smallest absolute Gasteiger partial charge is 0.240 e. The van der Waals surface area contributed by atoms with Gasteiger partial charge in [-0.05, 0) is 61.9 Å². The summed E-state index contributed by atoms with van der Waals surface area (Å²) >= 11 is 0. The molecule has 0 spiro atoms. The van der Waals surface area contributed by atoms with Gasteiger partial charge in [0.1, 0.15) is 0 Å². The number of hydrogen-bond acceptors (Lipinski definition) is 4. The summed E-state index contributed by atoms with van der Waals surface area (Å²) in [6.07, 6.45) is 2.85. The fourth-order valence-corrected chi connectivity index (χ4v) is 5.01. The molecule has 2 atom stereocenters. The first-order valence-corrected chi connectivity index (χ1v) is 10.9. The minimum Gasteiger partial charge on any atom is -0.493 e. The van der Waals surface area contributed by atoms with E-state index in [9.17, 15) is 4.79 Å². The highest BCUT2D eigenvalue weighted by atomic mass is 16.5. The third-order valence-corrected chi connectivity index (χ3v) is 6.49. The third-order valence-electron chi connectivity index (χ3n) is 6.49. The molecule has 1 saturated heterocycles. The van der Waals surface area contributed by atoms with Crippen molar-refractivity contribution in [1.29, 1.82) is 0 Å². The molecule has 2 aromatic carbocycles. The summed E-state index contributed by atoms with van der Waals surface area (Å²) in [6, 6.07) is 14.9. The summed E-state index contributed by atoms with van der Waals surface area (Å²) in [5, 5.41) is 0. The lowest BCUT2D eigenvalue weighted by molar-refractivity contribution is -0.143. The van der Waals surface area contributed by atoms with E-state index in [0.29, 0.717) is 0 Å². The highest BCUT2D eigenvalue weighted by molar-refractivity contribution is 5.83. The predicted molar refractivity (Wildman–Crippen MR) is 118 cm³/mol. The fraction of sp³-hybridized carbons (Fsp3) is 0.480. The summed E-state index contributed by atoms with van der Waals surface area (Å²) in [6.45, 7) is 5.93. The Labute approximate surface area is 179 Å². The third kappa shape index (κ3) is 3.67. The molecule has 2 heterocycles. The second kappa shape index (κ2) is 8.68. The zero-order valence-electron chi connectivity index (χ0n) is 18.4. The van der Waals surface area contributed by atoms with Crippen LogP contribution in [0.2, 0.25) is 0 Å². The Balaban J connectivity index is 1.79. The minimum atomic E-state index is -0.0902. The van der Waals surface area contributed by atoms with Gasteiger partial charge in [0.05, 0.1) is 26.3 Å². The molecule has 160 valence electrons. The van der Waals surface area contributed by atoms with E-state index in [2.05, 4.69) is 55.1 Å². The average molecular weight is 409 g/mol. The van der Waals surface area contributed by atoms with Crippen LogP contribution >= 0.6 is 0 Å². The minimum absolute atomic E-state index is 0.0239. The Hall–Kier alpha value is -2.53. The molecule has 1 fully saturated rings. The lowest BCUT2D eigenvalue weighted by Crippen LogP contribution is -2.56. The molecule has 30 heavy (non-hydrogen) atoms. The van der Waals surface area contributed by atoms with Crippen molar-refractivity contribution in [1.82, 2.24) is 9.80 Å². The lowest BCUT2D eigenvalue weighted by atomic mass is 9.85. The van der Waals surface area contributed by atoms with Gasteiger partial charge in [-0.3, -0.25) is 9.69 Å². The largest absolute Gasteiger partial charge is 0.493 e. The maximum atomic E-state index is 13.4. The van der Waals surface area contributed by atoms with Crippen LogP contribution in [0.25, 0.3) is 0 Å². The normalized spacial score (nSPS) is 22.2. The van der Waals surface area contributed by atoms with Crippen molar-refractivity contribution in [2.24, 2.45) is 0 Å². The molecule has 0 saturated carbocycles. The van der Waals surface area contributed by atoms with Crippen molar-refractivity contribution < 1.29 is 14.3 Å². The van der Waals surface area contributed by atoms with Crippen LogP contribution in [-0.4, -0.2) is 55.1 Å². The topological polar surface area (TPSA) is 42.0 Å². The number of ether oxygens (including phenoxy) is 2. The first-order valence-electron chi connectivity index (χ1n) is 10.9. The molecular weight excluding hydrogens is 376 g/mol. The molecule has 0 aromatic heterocycles. The second-order valence-corrected chi connectivity index (χ2v) is 8.49. The van der Waals surface area contributed by atoms with Crippen molar-refractivity contribution in [2.45, 2.75) is 51.2 Å². The lowest BCUT2D eigenvalue weighted by Gasteiger charge is -2.46. The number of piperidine rings is 1. The van der Waals surface area contributed by atoms with Gasteiger partial charge in [-0.15, -0.1) is 0 Å². The van der Waals surface area contributed by atoms with Gasteiger partial charge >= 0.3 is 0 Å².